The molecule has 0 amide bonds. The van der Waals surface area contributed by atoms with Gasteiger partial charge in [-0.15, -0.1) is 0 Å². The second kappa shape index (κ2) is 5.35. The van der Waals surface area contributed by atoms with Gasteiger partial charge in [0.05, 0.1) is 5.92 Å². The average Bonchev–Trinajstić information content (AvgIpc) is 2.19. The maximum atomic E-state index is 11.4. The lowest BCUT2D eigenvalue weighted by Gasteiger charge is -2.20. The van der Waals surface area contributed by atoms with Crippen LogP contribution in [0.3, 0.4) is 0 Å². The van der Waals surface area contributed by atoms with Crippen LogP contribution in [0.2, 0.25) is 0 Å². The first-order valence-electron chi connectivity index (χ1n) is 6.17. The van der Waals surface area contributed by atoms with Crippen molar-refractivity contribution >= 4 is 5.97 Å². The predicted molar refractivity (Wildman–Crippen MR) is 70.5 cm³/mol. The predicted octanol–water partition coefficient (Wildman–Crippen LogP) is 3.94. The number of rotatable bonds is 4. The van der Waals surface area contributed by atoms with Crippen molar-refractivity contribution in [3.63, 3.8) is 0 Å². The summed E-state index contributed by atoms with van der Waals surface area (Å²) in [4.78, 5) is 11.4. The Labute approximate surface area is 104 Å². The molecule has 1 rings (SSSR count). The van der Waals surface area contributed by atoms with Gasteiger partial charge in [0.15, 0.2) is 0 Å². The van der Waals surface area contributed by atoms with Crippen LogP contribution in [0.15, 0.2) is 18.2 Å². The van der Waals surface area contributed by atoms with Crippen molar-refractivity contribution in [2.45, 2.75) is 46.5 Å². The summed E-state index contributed by atoms with van der Waals surface area (Å²) in [5, 5.41) is 9.35. The molecule has 2 heteroatoms. The number of aliphatic carboxylic acids is 1. The van der Waals surface area contributed by atoms with Crippen LogP contribution in [0.4, 0.5) is 0 Å². The Morgan fingerprint density at radius 1 is 1.18 bits per heavy atom. The first-order chi connectivity index (χ1) is 7.84. The van der Waals surface area contributed by atoms with Crippen molar-refractivity contribution in [1.82, 2.24) is 0 Å². The highest BCUT2D eigenvalue weighted by atomic mass is 16.4. The Bertz CT molecular complexity index is 405. The lowest BCUT2D eigenvalue weighted by Crippen LogP contribution is -2.18. The van der Waals surface area contributed by atoms with E-state index in [1.807, 2.05) is 26.8 Å². The van der Waals surface area contributed by atoms with E-state index in [-0.39, 0.29) is 5.92 Å². The molecule has 1 aromatic rings. The molecular formula is C15H22O2. The zero-order valence-electron chi connectivity index (χ0n) is 11.3. The molecule has 1 unspecified atom stereocenters. The third-order valence-corrected chi connectivity index (χ3v) is 3.24. The van der Waals surface area contributed by atoms with Gasteiger partial charge in [0.25, 0.3) is 0 Å². The smallest absolute Gasteiger partial charge is 0.311 e. The second-order valence-corrected chi connectivity index (χ2v) is 5.33. The van der Waals surface area contributed by atoms with E-state index in [0.717, 1.165) is 11.1 Å². The maximum absolute atomic E-state index is 11.4. The number of carboxylic acids is 1. The largest absolute Gasteiger partial charge is 0.481 e. The summed E-state index contributed by atoms with van der Waals surface area (Å²) < 4.78 is 0. The molecule has 1 atom stereocenters. The molecule has 0 heterocycles. The van der Waals surface area contributed by atoms with Crippen molar-refractivity contribution < 1.29 is 9.90 Å². The fraction of sp³-hybridized carbons (Fsp3) is 0.533. The topological polar surface area (TPSA) is 37.3 Å². The molecule has 0 fully saturated rings. The lowest BCUT2D eigenvalue weighted by molar-refractivity contribution is -0.139. The summed E-state index contributed by atoms with van der Waals surface area (Å²) in [5.74, 6) is -0.609. The lowest BCUT2D eigenvalue weighted by atomic mass is 9.84. The molecule has 0 aromatic heterocycles. The van der Waals surface area contributed by atoms with Gasteiger partial charge in [-0.3, -0.25) is 4.79 Å². The van der Waals surface area contributed by atoms with Crippen molar-refractivity contribution in [1.29, 1.82) is 0 Å². The van der Waals surface area contributed by atoms with E-state index in [2.05, 4.69) is 26.0 Å². The summed E-state index contributed by atoms with van der Waals surface area (Å²) in [5.41, 5.74) is 3.23. The Hall–Kier alpha value is -1.31. The normalized spacial score (nSPS) is 13.1. The summed E-state index contributed by atoms with van der Waals surface area (Å²) in [6.07, 6.45) is 0. The molecule has 0 radical (unpaired) electrons. The number of hydrogen-bond donors (Lipinski definition) is 1. The SMILES string of the molecule is Cc1ccc(C(C)C)cc1C(C(=O)O)C(C)C. The van der Waals surface area contributed by atoms with Gasteiger partial charge < -0.3 is 5.11 Å². The van der Waals surface area contributed by atoms with E-state index in [1.54, 1.807) is 0 Å². The third-order valence-electron chi connectivity index (χ3n) is 3.24. The number of carboxylic acid groups (broad SMARTS) is 1. The number of hydrogen-bond acceptors (Lipinski definition) is 1. The highest BCUT2D eigenvalue weighted by molar-refractivity contribution is 5.77. The molecule has 0 bridgehead atoms. The van der Waals surface area contributed by atoms with E-state index in [1.165, 1.54) is 5.56 Å². The molecule has 1 aromatic carbocycles. The van der Waals surface area contributed by atoms with Crippen LogP contribution in [0, 0.1) is 12.8 Å². The molecule has 94 valence electrons. The van der Waals surface area contributed by atoms with Gasteiger partial charge in [-0.25, -0.2) is 0 Å². The number of aryl methyl sites for hydroxylation is 1. The fourth-order valence-electron chi connectivity index (χ4n) is 2.13. The minimum atomic E-state index is -0.732. The maximum Gasteiger partial charge on any atom is 0.311 e. The van der Waals surface area contributed by atoms with Crippen LogP contribution in [0.25, 0.3) is 0 Å². The molecule has 0 saturated heterocycles. The van der Waals surface area contributed by atoms with Gasteiger partial charge >= 0.3 is 5.97 Å². The molecule has 0 spiro atoms. The van der Waals surface area contributed by atoms with Crippen LogP contribution in [0.1, 0.15) is 56.2 Å². The quantitative estimate of drug-likeness (QED) is 0.856. The van der Waals surface area contributed by atoms with Gasteiger partial charge in [0, 0.05) is 0 Å². The zero-order chi connectivity index (χ0) is 13.2. The standard InChI is InChI=1S/C15H22O2/c1-9(2)12-7-6-11(5)13(8-12)14(10(3)4)15(16)17/h6-10,14H,1-5H3,(H,16,17). The Morgan fingerprint density at radius 2 is 1.76 bits per heavy atom. The highest BCUT2D eigenvalue weighted by Crippen LogP contribution is 2.30. The van der Waals surface area contributed by atoms with Crippen LogP contribution < -0.4 is 0 Å². The van der Waals surface area contributed by atoms with Crippen LogP contribution in [0.5, 0.6) is 0 Å². The van der Waals surface area contributed by atoms with Crippen LogP contribution >= 0.6 is 0 Å². The van der Waals surface area contributed by atoms with Crippen molar-refractivity contribution in [2.75, 3.05) is 0 Å². The molecule has 17 heavy (non-hydrogen) atoms. The van der Waals surface area contributed by atoms with Gasteiger partial charge in [0.1, 0.15) is 0 Å². The Kier molecular flexibility index (Phi) is 4.33. The van der Waals surface area contributed by atoms with Crippen molar-refractivity contribution in [2.24, 2.45) is 5.92 Å². The van der Waals surface area contributed by atoms with E-state index >= 15 is 0 Å². The number of carbonyl (C=O) groups is 1. The van der Waals surface area contributed by atoms with Gasteiger partial charge in [-0.1, -0.05) is 45.9 Å². The van der Waals surface area contributed by atoms with Crippen molar-refractivity contribution in [3.8, 4) is 0 Å². The van der Waals surface area contributed by atoms with Gasteiger partial charge in [-0.2, -0.15) is 0 Å². The van der Waals surface area contributed by atoms with Crippen LogP contribution in [-0.4, -0.2) is 11.1 Å². The summed E-state index contributed by atoms with van der Waals surface area (Å²) in [7, 11) is 0. The third kappa shape index (κ3) is 3.09. The van der Waals surface area contributed by atoms with E-state index in [4.69, 9.17) is 0 Å². The monoisotopic (exact) mass is 234 g/mol. The number of benzene rings is 1. The van der Waals surface area contributed by atoms with E-state index in [0.29, 0.717) is 5.92 Å². The second-order valence-electron chi connectivity index (χ2n) is 5.33. The summed E-state index contributed by atoms with van der Waals surface area (Å²) in [6, 6.07) is 6.17. The molecule has 1 N–H and O–H groups in total. The minimum absolute atomic E-state index is 0.105. The minimum Gasteiger partial charge on any atom is -0.481 e. The molecular weight excluding hydrogens is 212 g/mol. The molecule has 0 saturated carbocycles. The van der Waals surface area contributed by atoms with Crippen molar-refractivity contribution in [3.05, 3.63) is 34.9 Å². The van der Waals surface area contributed by atoms with Crippen LogP contribution in [-0.2, 0) is 4.79 Å². The first kappa shape index (κ1) is 13.8. The van der Waals surface area contributed by atoms with E-state index in [9.17, 15) is 9.90 Å². The molecule has 2 nitrogen and oxygen atoms in total. The molecule has 0 aliphatic heterocycles. The first-order valence-corrected chi connectivity index (χ1v) is 6.17. The zero-order valence-corrected chi connectivity index (χ0v) is 11.3. The molecule has 0 aliphatic carbocycles. The molecule has 0 aliphatic rings. The highest BCUT2D eigenvalue weighted by Gasteiger charge is 2.25. The summed E-state index contributed by atoms with van der Waals surface area (Å²) in [6.45, 7) is 10.2. The Morgan fingerprint density at radius 3 is 2.18 bits per heavy atom. The summed E-state index contributed by atoms with van der Waals surface area (Å²) >= 11 is 0. The average molecular weight is 234 g/mol. The van der Waals surface area contributed by atoms with Gasteiger partial charge in [0.2, 0.25) is 0 Å². The Balaban J connectivity index is 3.27. The van der Waals surface area contributed by atoms with E-state index < -0.39 is 11.9 Å². The fourth-order valence-corrected chi connectivity index (χ4v) is 2.13. The van der Waals surface area contributed by atoms with Gasteiger partial charge in [-0.05, 0) is 35.4 Å².